The van der Waals surface area contributed by atoms with Crippen LogP contribution in [0.1, 0.15) is 6.42 Å². The van der Waals surface area contributed by atoms with Gasteiger partial charge >= 0.3 is 11.1 Å². The van der Waals surface area contributed by atoms with Crippen LogP contribution in [0.5, 0.6) is 0 Å². The van der Waals surface area contributed by atoms with E-state index in [1.165, 1.54) is 9.13 Å². The van der Waals surface area contributed by atoms with Crippen molar-refractivity contribution in [1.82, 2.24) is 9.13 Å². The number of aryl methyl sites for hydroxylation is 1. The summed E-state index contributed by atoms with van der Waals surface area (Å²) in [5.41, 5.74) is -0.566. The summed E-state index contributed by atoms with van der Waals surface area (Å²) in [4.78, 5) is 23.9. The molecule has 19 heavy (non-hydrogen) atoms. The van der Waals surface area contributed by atoms with Crippen molar-refractivity contribution in [3.05, 3.63) is 75.0 Å². The maximum Gasteiger partial charge on any atom is 0.320 e. The van der Waals surface area contributed by atoms with Crippen molar-refractivity contribution in [2.24, 2.45) is 0 Å². The van der Waals surface area contributed by atoms with Crippen molar-refractivity contribution in [2.45, 2.75) is 13.0 Å². The van der Waals surface area contributed by atoms with Crippen LogP contribution < -0.4 is 11.1 Å². The summed E-state index contributed by atoms with van der Waals surface area (Å²) in [5.74, 6) is 0. The molecule has 1 heterocycles. The van der Waals surface area contributed by atoms with Crippen molar-refractivity contribution < 1.29 is 0 Å². The van der Waals surface area contributed by atoms with Crippen molar-refractivity contribution >= 4 is 11.6 Å². The van der Waals surface area contributed by atoms with Crippen LogP contribution in [0.2, 0.25) is 5.02 Å². The van der Waals surface area contributed by atoms with Gasteiger partial charge in [-0.25, -0.2) is 0 Å². The molecule has 2 aromatic rings. The lowest BCUT2D eigenvalue weighted by Gasteiger charge is -2.08. The molecule has 0 amide bonds. The fourth-order valence-electron chi connectivity index (χ4n) is 1.74. The molecule has 0 atom stereocenters. The van der Waals surface area contributed by atoms with E-state index in [9.17, 15) is 9.59 Å². The van der Waals surface area contributed by atoms with Gasteiger partial charge in [-0.15, -0.1) is 6.58 Å². The molecule has 0 bridgehead atoms. The molecule has 98 valence electrons. The fraction of sp³-hybridized carbons (Fsp3) is 0.143. The molecule has 0 saturated heterocycles. The molecule has 2 rings (SSSR count). The maximum absolute atomic E-state index is 12.0. The first kappa shape index (κ1) is 13.4. The van der Waals surface area contributed by atoms with Crippen LogP contribution in [-0.4, -0.2) is 9.13 Å². The van der Waals surface area contributed by atoms with Gasteiger partial charge in [0.1, 0.15) is 0 Å². The summed E-state index contributed by atoms with van der Waals surface area (Å²) in [6.45, 7) is 4.04. The van der Waals surface area contributed by atoms with E-state index in [2.05, 4.69) is 6.58 Å². The zero-order valence-electron chi connectivity index (χ0n) is 10.3. The Labute approximate surface area is 115 Å². The van der Waals surface area contributed by atoms with Gasteiger partial charge in [0, 0.05) is 24.0 Å². The maximum atomic E-state index is 12.0. The number of rotatable bonds is 4. The minimum absolute atomic E-state index is 0.452. The van der Waals surface area contributed by atoms with Gasteiger partial charge in [0.25, 0.3) is 0 Å². The Hall–Kier alpha value is -2.07. The predicted molar refractivity (Wildman–Crippen MR) is 76.1 cm³/mol. The van der Waals surface area contributed by atoms with Gasteiger partial charge in [0.2, 0.25) is 0 Å². The Kier molecular flexibility index (Phi) is 4.02. The second-order valence-electron chi connectivity index (χ2n) is 4.03. The van der Waals surface area contributed by atoms with Crippen LogP contribution in [0.3, 0.4) is 0 Å². The van der Waals surface area contributed by atoms with E-state index in [4.69, 9.17) is 11.6 Å². The Balaban J connectivity index is 2.50. The summed E-state index contributed by atoms with van der Waals surface area (Å²) >= 11 is 5.88. The normalized spacial score (nSPS) is 10.4. The molecule has 0 aliphatic rings. The van der Waals surface area contributed by atoms with Gasteiger partial charge in [0.05, 0.1) is 5.69 Å². The number of hydrogen-bond acceptors (Lipinski definition) is 2. The monoisotopic (exact) mass is 276 g/mol. The SMILES string of the molecule is C=CCCn1ccn(-c2cccc(Cl)c2)c(=O)c1=O. The highest BCUT2D eigenvalue weighted by Gasteiger charge is 2.06. The summed E-state index contributed by atoms with van der Waals surface area (Å²) in [6, 6.07) is 6.80. The third-order valence-electron chi connectivity index (χ3n) is 2.72. The van der Waals surface area contributed by atoms with Gasteiger partial charge in [-0.2, -0.15) is 0 Å². The number of hydrogen-bond donors (Lipinski definition) is 0. The average Bonchev–Trinajstić information content (AvgIpc) is 2.40. The first-order valence-electron chi connectivity index (χ1n) is 5.82. The first-order valence-corrected chi connectivity index (χ1v) is 6.20. The van der Waals surface area contributed by atoms with E-state index >= 15 is 0 Å². The molecule has 0 aliphatic carbocycles. The minimum atomic E-state index is -0.589. The lowest BCUT2D eigenvalue weighted by molar-refractivity contribution is 0.656. The molecule has 0 fully saturated rings. The lowest BCUT2D eigenvalue weighted by atomic mass is 10.3. The molecule has 4 nitrogen and oxygen atoms in total. The molecule has 0 saturated carbocycles. The Morgan fingerprint density at radius 1 is 1.21 bits per heavy atom. The molecule has 0 unspecified atom stereocenters. The zero-order valence-corrected chi connectivity index (χ0v) is 11.0. The molecule has 1 aromatic heterocycles. The standard InChI is InChI=1S/C14H13ClN2O2/c1-2-3-7-16-8-9-17(14(19)13(16)18)12-6-4-5-11(15)10-12/h2,4-6,8-10H,1,3,7H2. The summed E-state index contributed by atoms with van der Waals surface area (Å²) in [6.07, 6.45) is 5.50. The molecule has 1 aromatic carbocycles. The molecule has 0 N–H and O–H groups in total. The second kappa shape index (κ2) is 5.71. The van der Waals surface area contributed by atoms with Crippen molar-refractivity contribution in [1.29, 1.82) is 0 Å². The molecule has 0 aliphatic heterocycles. The van der Waals surface area contributed by atoms with E-state index in [0.29, 0.717) is 23.7 Å². The molecular weight excluding hydrogens is 264 g/mol. The summed E-state index contributed by atoms with van der Waals surface area (Å²) < 4.78 is 2.67. The summed E-state index contributed by atoms with van der Waals surface area (Å²) in [5, 5.41) is 0.514. The van der Waals surface area contributed by atoms with Crippen LogP contribution in [0.15, 0.2) is 58.9 Å². The highest BCUT2D eigenvalue weighted by Crippen LogP contribution is 2.12. The molecule has 0 spiro atoms. The first-order chi connectivity index (χ1) is 9.13. The Morgan fingerprint density at radius 3 is 2.68 bits per heavy atom. The average molecular weight is 277 g/mol. The van der Waals surface area contributed by atoms with Crippen LogP contribution >= 0.6 is 11.6 Å². The van der Waals surface area contributed by atoms with E-state index in [1.54, 1.807) is 42.7 Å². The quantitative estimate of drug-likeness (QED) is 0.635. The van der Waals surface area contributed by atoms with E-state index in [-0.39, 0.29) is 0 Å². The smallest absolute Gasteiger partial charge is 0.309 e. The molecule has 5 heteroatoms. The molecule has 0 radical (unpaired) electrons. The fourth-order valence-corrected chi connectivity index (χ4v) is 1.93. The molecular formula is C14H13ClN2O2. The van der Waals surface area contributed by atoms with E-state index in [0.717, 1.165) is 0 Å². The number of halogens is 1. The third kappa shape index (κ3) is 2.85. The number of benzene rings is 1. The van der Waals surface area contributed by atoms with Crippen LogP contribution in [0.25, 0.3) is 5.69 Å². The van der Waals surface area contributed by atoms with Crippen molar-refractivity contribution in [3.8, 4) is 5.69 Å². The highest BCUT2D eigenvalue weighted by atomic mass is 35.5. The van der Waals surface area contributed by atoms with Crippen LogP contribution in [0.4, 0.5) is 0 Å². The van der Waals surface area contributed by atoms with Gasteiger partial charge in [-0.3, -0.25) is 14.2 Å². The number of allylic oxidation sites excluding steroid dienone is 1. The predicted octanol–water partition coefficient (Wildman–Crippen LogP) is 2.23. The Morgan fingerprint density at radius 2 is 2.00 bits per heavy atom. The third-order valence-corrected chi connectivity index (χ3v) is 2.95. The summed E-state index contributed by atoms with van der Waals surface area (Å²) in [7, 11) is 0. The lowest BCUT2D eigenvalue weighted by Crippen LogP contribution is -2.39. The number of nitrogens with zero attached hydrogens (tertiary/aromatic N) is 2. The topological polar surface area (TPSA) is 44.0 Å². The highest BCUT2D eigenvalue weighted by molar-refractivity contribution is 6.30. The van der Waals surface area contributed by atoms with Crippen LogP contribution in [0, 0.1) is 0 Å². The van der Waals surface area contributed by atoms with Gasteiger partial charge in [-0.05, 0) is 24.6 Å². The largest absolute Gasteiger partial charge is 0.320 e. The van der Waals surface area contributed by atoms with Gasteiger partial charge in [0.15, 0.2) is 0 Å². The van der Waals surface area contributed by atoms with Crippen molar-refractivity contribution in [3.63, 3.8) is 0 Å². The van der Waals surface area contributed by atoms with Crippen LogP contribution in [-0.2, 0) is 6.54 Å². The number of aromatic nitrogens is 2. The zero-order chi connectivity index (χ0) is 13.8. The van der Waals surface area contributed by atoms with Gasteiger partial charge in [-0.1, -0.05) is 23.7 Å². The van der Waals surface area contributed by atoms with E-state index in [1.807, 2.05) is 0 Å². The van der Waals surface area contributed by atoms with Gasteiger partial charge < -0.3 is 4.57 Å². The minimum Gasteiger partial charge on any atom is -0.309 e. The van der Waals surface area contributed by atoms with E-state index < -0.39 is 11.1 Å². The Bertz CT molecular complexity index is 716. The van der Waals surface area contributed by atoms with Crippen molar-refractivity contribution in [2.75, 3.05) is 0 Å². The second-order valence-corrected chi connectivity index (χ2v) is 4.47.